The van der Waals surface area contributed by atoms with Crippen LogP contribution >= 0.6 is 0 Å². The molecular weight excluding hydrogens is 396 g/mol. The van der Waals surface area contributed by atoms with Crippen molar-refractivity contribution in [3.63, 3.8) is 0 Å². The van der Waals surface area contributed by atoms with Gasteiger partial charge in [-0.3, -0.25) is 4.79 Å². The number of hydrogen-bond donors (Lipinski definition) is 4. The molecule has 0 radical (unpaired) electrons. The molecule has 0 amide bonds. The molecule has 7 atom stereocenters. The SMILES string of the molecule is C=C1C(=O)OC23CC1CCC(CO[C@@H]1O[C@H](CO)[C@@H](O)[C@H](O)[C@H]1O)=C2C(=O)C=C3C. The Morgan fingerprint density at radius 1 is 1.23 bits per heavy atom. The predicted molar refractivity (Wildman–Crippen MR) is 101 cm³/mol. The van der Waals surface area contributed by atoms with Gasteiger partial charge in [0, 0.05) is 17.6 Å². The van der Waals surface area contributed by atoms with Crippen LogP contribution in [0.1, 0.15) is 26.2 Å². The van der Waals surface area contributed by atoms with Crippen LogP contribution in [0, 0.1) is 5.92 Å². The van der Waals surface area contributed by atoms with Gasteiger partial charge in [-0.05, 0) is 42.9 Å². The molecule has 9 nitrogen and oxygen atoms in total. The molecule has 0 aromatic carbocycles. The zero-order valence-corrected chi connectivity index (χ0v) is 16.6. The maximum atomic E-state index is 12.8. The van der Waals surface area contributed by atoms with Gasteiger partial charge in [-0.15, -0.1) is 0 Å². The topological polar surface area (TPSA) is 143 Å². The third-order valence-electron chi connectivity index (χ3n) is 6.61. The summed E-state index contributed by atoms with van der Waals surface area (Å²) in [5.41, 5.74) is 0.900. The highest BCUT2D eigenvalue weighted by Crippen LogP contribution is 2.51. The summed E-state index contributed by atoms with van der Waals surface area (Å²) < 4.78 is 16.8. The van der Waals surface area contributed by atoms with Gasteiger partial charge in [0.25, 0.3) is 0 Å². The number of hydrogen-bond acceptors (Lipinski definition) is 9. The number of fused-ring (bicyclic) bond motifs is 1. The van der Waals surface area contributed by atoms with Crippen LogP contribution in [0.5, 0.6) is 0 Å². The summed E-state index contributed by atoms with van der Waals surface area (Å²) in [6.45, 7) is 4.92. The minimum Gasteiger partial charge on any atom is -0.446 e. The van der Waals surface area contributed by atoms with Crippen molar-refractivity contribution in [2.24, 2.45) is 5.92 Å². The van der Waals surface area contributed by atoms with E-state index in [0.29, 0.717) is 41.6 Å². The van der Waals surface area contributed by atoms with Gasteiger partial charge in [0.1, 0.15) is 24.4 Å². The number of ketones is 1. The Labute approximate surface area is 173 Å². The van der Waals surface area contributed by atoms with Crippen molar-refractivity contribution in [3.8, 4) is 0 Å². The zero-order chi connectivity index (χ0) is 21.8. The molecule has 2 aliphatic heterocycles. The Bertz CT molecular complexity index is 841. The third-order valence-corrected chi connectivity index (χ3v) is 6.61. The number of aliphatic hydroxyl groups excluding tert-OH is 4. The summed E-state index contributed by atoms with van der Waals surface area (Å²) in [7, 11) is 0. The molecule has 30 heavy (non-hydrogen) atoms. The summed E-state index contributed by atoms with van der Waals surface area (Å²) >= 11 is 0. The second-order valence-electron chi connectivity index (χ2n) is 8.36. The quantitative estimate of drug-likeness (QED) is 0.341. The van der Waals surface area contributed by atoms with Crippen LogP contribution in [-0.2, 0) is 23.8 Å². The number of aliphatic hydroxyl groups is 4. The van der Waals surface area contributed by atoms with Gasteiger partial charge in [0.2, 0.25) is 0 Å². The normalized spacial score (nSPS) is 41.4. The first kappa shape index (κ1) is 21.4. The van der Waals surface area contributed by atoms with Gasteiger partial charge >= 0.3 is 5.97 Å². The molecule has 4 aliphatic rings. The standard InChI is InChI=1S/C21H26O9/c1-9-5-13(23)15-12(4-3-11-6-21(9,15)30-19(27)10(11)2)8-28-20-18(26)17(25)16(24)14(7-22)29-20/h5,11,14,16-18,20,22,24-26H,2-4,6-8H2,1H3/t11?,14-,16-,17+,18-,20-,21?/m1/s1. The van der Waals surface area contributed by atoms with Crippen LogP contribution in [-0.4, -0.2) is 81.7 Å². The minimum absolute atomic E-state index is 0.108. The van der Waals surface area contributed by atoms with Crippen molar-refractivity contribution < 1.29 is 44.2 Å². The Hall–Kier alpha value is -1.88. The fourth-order valence-corrected chi connectivity index (χ4v) is 4.82. The lowest BCUT2D eigenvalue weighted by atomic mass is 9.78. The number of carbonyl (C=O) groups is 2. The molecule has 2 bridgehead atoms. The van der Waals surface area contributed by atoms with E-state index in [2.05, 4.69) is 6.58 Å². The van der Waals surface area contributed by atoms with E-state index in [1.807, 2.05) is 0 Å². The summed E-state index contributed by atoms with van der Waals surface area (Å²) in [4.78, 5) is 25.2. The molecule has 0 saturated carbocycles. The number of esters is 1. The van der Waals surface area contributed by atoms with Crippen molar-refractivity contribution in [2.75, 3.05) is 13.2 Å². The van der Waals surface area contributed by atoms with Crippen molar-refractivity contribution >= 4 is 11.8 Å². The molecule has 2 aliphatic carbocycles. The lowest BCUT2D eigenvalue weighted by molar-refractivity contribution is -0.299. The van der Waals surface area contributed by atoms with Crippen LogP contribution in [0.25, 0.3) is 0 Å². The molecule has 2 heterocycles. The van der Waals surface area contributed by atoms with Crippen LogP contribution in [0.2, 0.25) is 0 Å². The molecule has 0 aromatic rings. The van der Waals surface area contributed by atoms with E-state index in [1.165, 1.54) is 6.08 Å². The molecule has 2 saturated heterocycles. The lowest BCUT2D eigenvalue weighted by Crippen LogP contribution is -2.59. The average molecular weight is 422 g/mol. The highest BCUT2D eigenvalue weighted by atomic mass is 16.7. The van der Waals surface area contributed by atoms with Crippen LogP contribution in [0.15, 0.2) is 34.9 Å². The largest absolute Gasteiger partial charge is 0.446 e. The van der Waals surface area contributed by atoms with E-state index in [-0.39, 0.29) is 18.3 Å². The molecule has 0 aromatic heterocycles. The summed E-state index contributed by atoms with van der Waals surface area (Å²) in [5, 5.41) is 39.4. The van der Waals surface area contributed by atoms with E-state index in [1.54, 1.807) is 6.92 Å². The van der Waals surface area contributed by atoms with Crippen molar-refractivity contribution in [1.29, 1.82) is 0 Å². The highest BCUT2D eigenvalue weighted by molar-refractivity contribution is 6.11. The van der Waals surface area contributed by atoms with E-state index >= 15 is 0 Å². The van der Waals surface area contributed by atoms with Gasteiger partial charge < -0.3 is 34.6 Å². The maximum Gasteiger partial charge on any atom is 0.334 e. The second-order valence-corrected chi connectivity index (χ2v) is 8.36. The predicted octanol–water partition coefficient (Wildman–Crippen LogP) is -0.720. The minimum atomic E-state index is -1.56. The fourth-order valence-electron chi connectivity index (χ4n) is 4.82. The first-order valence-electron chi connectivity index (χ1n) is 9.99. The van der Waals surface area contributed by atoms with Gasteiger partial charge in [0.05, 0.1) is 13.2 Å². The fraction of sp³-hybridized carbons (Fsp3) is 0.619. The van der Waals surface area contributed by atoms with Gasteiger partial charge in [-0.2, -0.15) is 0 Å². The molecule has 1 spiro atoms. The molecule has 4 rings (SSSR count). The summed E-state index contributed by atoms with van der Waals surface area (Å²) in [5.74, 6) is -0.886. The monoisotopic (exact) mass is 422 g/mol. The van der Waals surface area contributed by atoms with Crippen molar-refractivity contribution in [3.05, 3.63) is 34.9 Å². The highest BCUT2D eigenvalue weighted by Gasteiger charge is 2.55. The smallest absolute Gasteiger partial charge is 0.334 e. The Balaban J connectivity index is 1.61. The summed E-state index contributed by atoms with van der Waals surface area (Å²) in [6.07, 6.45) is -4.02. The van der Waals surface area contributed by atoms with Crippen molar-refractivity contribution in [2.45, 2.75) is 62.5 Å². The molecule has 4 N–H and O–H groups in total. The Morgan fingerprint density at radius 3 is 2.67 bits per heavy atom. The Morgan fingerprint density at radius 2 is 1.97 bits per heavy atom. The van der Waals surface area contributed by atoms with E-state index in [9.17, 15) is 30.0 Å². The third kappa shape index (κ3) is 3.17. The zero-order valence-electron chi connectivity index (χ0n) is 16.6. The maximum absolute atomic E-state index is 12.8. The second kappa shape index (κ2) is 7.67. The summed E-state index contributed by atoms with van der Waals surface area (Å²) in [6, 6.07) is 0. The number of rotatable bonds is 4. The van der Waals surface area contributed by atoms with E-state index in [0.717, 1.165) is 0 Å². The average Bonchev–Trinajstić information content (AvgIpc) is 2.86. The van der Waals surface area contributed by atoms with Crippen LogP contribution in [0.4, 0.5) is 0 Å². The van der Waals surface area contributed by atoms with E-state index in [4.69, 9.17) is 14.2 Å². The van der Waals surface area contributed by atoms with E-state index < -0.39 is 48.9 Å². The van der Waals surface area contributed by atoms with Crippen molar-refractivity contribution in [1.82, 2.24) is 0 Å². The number of carbonyl (C=O) groups excluding carboxylic acids is 2. The number of ether oxygens (including phenoxy) is 3. The van der Waals surface area contributed by atoms with Gasteiger partial charge in [0.15, 0.2) is 17.7 Å². The first-order chi connectivity index (χ1) is 14.2. The number of allylic oxidation sites excluding steroid dienone is 1. The van der Waals surface area contributed by atoms with Crippen LogP contribution < -0.4 is 0 Å². The molecule has 2 fully saturated rings. The Kier molecular flexibility index (Phi) is 5.46. The van der Waals surface area contributed by atoms with Gasteiger partial charge in [-0.25, -0.2) is 4.79 Å². The molecular formula is C21H26O9. The molecule has 164 valence electrons. The van der Waals surface area contributed by atoms with Gasteiger partial charge in [-0.1, -0.05) is 6.58 Å². The molecule has 2 unspecified atom stereocenters. The molecule has 9 heteroatoms. The van der Waals surface area contributed by atoms with Crippen LogP contribution in [0.3, 0.4) is 0 Å². The lowest BCUT2D eigenvalue weighted by Gasteiger charge is -2.40. The first-order valence-corrected chi connectivity index (χ1v) is 9.99.